The Labute approximate surface area is 105 Å². The van der Waals surface area contributed by atoms with Gasteiger partial charge in [-0.05, 0) is 19.1 Å². The molecule has 5 nitrogen and oxygen atoms in total. The zero-order valence-corrected chi connectivity index (χ0v) is 11.1. The van der Waals surface area contributed by atoms with Gasteiger partial charge in [0.25, 0.3) is 5.56 Å². The largest absolute Gasteiger partial charge is 0.334 e. The molecule has 1 aromatic heterocycles. The Morgan fingerprint density at radius 2 is 1.94 bits per heavy atom. The first-order valence-corrected chi connectivity index (χ1v) is 7.10. The number of thioether (sulfide) groups is 1. The quantitative estimate of drug-likeness (QED) is 0.636. The minimum atomic E-state index is -0.200. The van der Waals surface area contributed by atoms with E-state index in [1.54, 1.807) is 0 Å². The number of nitrogen functional groups attached to an aromatic ring is 1. The zero-order valence-electron chi connectivity index (χ0n) is 10.3. The summed E-state index contributed by atoms with van der Waals surface area (Å²) in [6, 6.07) is 0. The fraction of sp³-hybridized carbons (Fsp3) is 0.727. The van der Waals surface area contributed by atoms with Crippen LogP contribution in [-0.2, 0) is 5.41 Å². The molecule has 0 unspecified atom stereocenters. The Bertz CT molecular complexity index is 465. The fourth-order valence-electron chi connectivity index (χ4n) is 2.47. The van der Waals surface area contributed by atoms with Crippen molar-refractivity contribution < 1.29 is 0 Å². The Morgan fingerprint density at radius 1 is 1.29 bits per heavy atom. The lowest BCUT2D eigenvalue weighted by molar-refractivity contribution is 0.303. The van der Waals surface area contributed by atoms with Crippen LogP contribution in [0.25, 0.3) is 0 Å². The van der Waals surface area contributed by atoms with Crippen molar-refractivity contribution in [1.82, 2.24) is 14.9 Å². The molecule has 2 N–H and O–H groups in total. The van der Waals surface area contributed by atoms with E-state index in [1.165, 1.54) is 18.2 Å². The summed E-state index contributed by atoms with van der Waals surface area (Å²) in [7, 11) is 0. The van der Waals surface area contributed by atoms with Crippen LogP contribution in [-0.4, -0.2) is 21.1 Å². The van der Waals surface area contributed by atoms with E-state index >= 15 is 0 Å². The third-order valence-corrected chi connectivity index (χ3v) is 4.22. The highest BCUT2D eigenvalue weighted by Crippen LogP contribution is 2.36. The Balaban J connectivity index is 2.46. The van der Waals surface area contributed by atoms with Crippen LogP contribution in [0.1, 0.15) is 44.7 Å². The van der Waals surface area contributed by atoms with Gasteiger partial charge >= 0.3 is 0 Å². The molecule has 0 saturated heterocycles. The van der Waals surface area contributed by atoms with Gasteiger partial charge in [0.15, 0.2) is 0 Å². The molecule has 0 amide bonds. The van der Waals surface area contributed by atoms with Gasteiger partial charge in [-0.25, -0.2) is 0 Å². The smallest absolute Gasteiger partial charge is 0.295 e. The van der Waals surface area contributed by atoms with Crippen LogP contribution in [0, 0.1) is 0 Å². The fourth-order valence-corrected chi connectivity index (χ4v) is 2.87. The normalized spacial score (nSPS) is 19.2. The Morgan fingerprint density at radius 3 is 2.53 bits per heavy atom. The number of aromatic nitrogens is 3. The second-order valence-electron chi connectivity index (χ2n) is 4.83. The summed E-state index contributed by atoms with van der Waals surface area (Å²) in [5, 5.41) is 8.61. The van der Waals surface area contributed by atoms with Crippen LogP contribution in [0.4, 0.5) is 0 Å². The van der Waals surface area contributed by atoms with E-state index in [1.807, 2.05) is 6.26 Å². The summed E-state index contributed by atoms with van der Waals surface area (Å²) in [6.45, 7) is 2.09. The third-order valence-electron chi connectivity index (χ3n) is 3.57. The summed E-state index contributed by atoms with van der Waals surface area (Å²) < 4.78 is 1.12. The van der Waals surface area contributed by atoms with Crippen LogP contribution in [0.5, 0.6) is 0 Å². The summed E-state index contributed by atoms with van der Waals surface area (Å²) in [4.78, 5) is 12.2. The molecule has 0 bridgehead atoms. The predicted molar refractivity (Wildman–Crippen MR) is 68.7 cm³/mol. The minimum absolute atomic E-state index is 0.152. The molecule has 1 aliphatic rings. The molecule has 6 heteroatoms. The van der Waals surface area contributed by atoms with E-state index in [-0.39, 0.29) is 11.0 Å². The molecule has 0 radical (unpaired) electrons. The van der Waals surface area contributed by atoms with Gasteiger partial charge in [-0.15, -0.1) is 10.2 Å². The molecule has 0 spiro atoms. The molecule has 17 heavy (non-hydrogen) atoms. The third kappa shape index (κ3) is 2.18. The highest BCUT2D eigenvalue weighted by molar-refractivity contribution is 7.98. The van der Waals surface area contributed by atoms with Crippen molar-refractivity contribution in [2.45, 2.75) is 49.6 Å². The van der Waals surface area contributed by atoms with Gasteiger partial charge in [0.05, 0.1) is 0 Å². The van der Waals surface area contributed by atoms with Gasteiger partial charge in [0.2, 0.25) is 5.16 Å². The Kier molecular flexibility index (Phi) is 3.42. The second kappa shape index (κ2) is 4.68. The predicted octanol–water partition coefficient (Wildman–Crippen LogP) is 1.30. The summed E-state index contributed by atoms with van der Waals surface area (Å²) >= 11 is 1.33. The van der Waals surface area contributed by atoms with E-state index < -0.39 is 0 Å². The van der Waals surface area contributed by atoms with E-state index in [0.29, 0.717) is 10.9 Å². The highest BCUT2D eigenvalue weighted by Gasteiger charge is 2.34. The van der Waals surface area contributed by atoms with Crippen molar-refractivity contribution in [3.63, 3.8) is 0 Å². The van der Waals surface area contributed by atoms with Crippen LogP contribution in [0.15, 0.2) is 9.95 Å². The average molecular weight is 254 g/mol. The SMILES string of the molecule is CSc1nnc(C2(C)CCCCC2)c(=O)n1N. The van der Waals surface area contributed by atoms with Crippen LogP contribution >= 0.6 is 11.8 Å². The summed E-state index contributed by atoms with van der Waals surface area (Å²) in [6.07, 6.45) is 7.35. The molecule has 1 saturated carbocycles. The van der Waals surface area contributed by atoms with Gasteiger partial charge in [0, 0.05) is 5.41 Å². The summed E-state index contributed by atoms with van der Waals surface area (Å²) in [5.74, 6) is 5.74. The second-order valence-corrected chi connectivity index (χ2v) is 5.61. The number of rotatable bonds is 2. The lowest BCUT2D eigenvalue weighted by Gasteiger charge is -2.31. The monoisotopic (exact) mass is 254 g/mol. The van der Waals surface area contributed by atoms with Gasteiger partial charge < -0.3 is 5.84 Å². The molecule has 1 heterocycles. The number of nitrogens with two attached hydrogens (primary N) is 1. The van der Waals surface area contributed by atoms with Crippen molar-refractivity contribution >= 4 is 11.8 Å². The molecule has 1 fully saturated rings. The maximum atomic E-state index is 12.2. The van der Waals surface area contributed by atoms with E-state index in [9.17, 15) is 4.79 Å². The zero-order chi connectivity index (χ0) is 12.5. The first-order valence-electron chi connectivity index (χ1n) is 5.88. The van der Waals surface area contributed by atoms with E-state index in [0.717, 1.165) is 30.4 Å². The van der Waals surface area contributed by atoms with E-state index in [4.69, 9.17) is 5.84 Å². The lowest BCUT2D eigenvalue weighted by Crippen LogP contribution is -2.40. The van der Waals surface area contributed by atoms with Crippen LogP contribution in [0.3, 0.4) is 0 Å². The van der Waals surface area contributed by atoms with Gasteiger partial charge in [-0.3, -0.25) is 4.79 Å². The van der Waals surface area contributed by atoms with E-state index in [2.05, 4.69) is 17.1 Å². The maximum Gasteiger partial charge on any atom is 0.295 e. The first-order chi connectivity index (χ1) is 8.08. The lowest BCUT2D eigenvalue weighted by atomic mass is 9.73. The molecule has 2 rings (SSSR count). The molecule has 1 aromatic rings. The van der Waals surface area contributed by atoms with Crippen molar-refractivity contribution in [3.05, 3.63) is 16.0 Å². The summed E-state index contributed by atoms with van der Waals surface area (Å²) in [5.41, 5.74) is 0.173. The van der Waals surface area contributed by atoms with Crippen molar-refractivity contribution in [1.29, 1.82) is 0 Å². The van der Waals surface area contributed by atoms with Crippen molar-refractivity contribution in [3.8, 4) is 0 Å². The van der Waals surface area contributed by atoms with Gasteiger partial charge in [-0.2, -0.15) is 4.68 Å². The van der Waals surface area contributed by atoms with Crippen LogP contribution < -0.4 is 11.4 Å². The van der Waals surface area contributed by atoms with Gasteiger partial charge in [-0.1, -0.05) is 37.9 Å². The number of hydrogen-bond acceptors (Lipinski definition) is 5. The topological polar surface area (TPSA) is 73.8 Å². The molecule has 1 aliphatic carbocycles. The van der Waals surface area contributed by atoms with Gasteiger partial charge in [0.1, 0.15) is 5.69 Å². The molecule has 0 aromatic carbocycles. The standard InChI is InChI=1S/C11H18N4OS/c1-11(6-4-3-5-7-11)8-9(16)15(12)10(17-2)14-13-8/h3-7,12H2,1-2H3. The molecular formula is C11H18N4OS. The first kappa shape index (κ1) is 12.4. The molecule has 0 atom stereocenters. The number of nitrogens with zero attached hydrogens (tertiary/aromatic N) is 3. The van der Waals surface area contributed by atoms with Crippen molar-refractivity contribution in [2.75, 3.05) is 12.1 Å². The van der Waals surface area contributed by atoms with Crippen LogP contribution in [0.2, 0.25) is 0 Å². The number of hydrogen-bond donors (Lipinski definition) is 1. The average Bonchev–Trinajstić information content (AvgIpc) is 2.33. The molecular weight excluding hydrogens is 236 g/mol. The van der Waals surface area contributed by atoms with Crippen molar-refractivity contribution in [2.24, 2.45) is 0 Å². The molecule has 0 aliphatic heterocycles. The minimum Gasteiger partial charge on any atom is -0.334 e. The maximum absolute atomic E-state index is 12.2. The Hall–Kier alpha value is -1.04. The highest BCUT2D eigenvalue weighted by atomic mass is 32.2. The molecule has 94 valence electrons.